The Labute approximate surface area is 163 Å². The summed E-state index contributed by atoms with van der Waals surface area (Å²) < 4.78 is 0. The van der Waals surface area contributed by atoms with Gasteiger partial charge in [-0.1, -0.05) is 18.2 Å². The van der Waals surface area contributed by atoms with Gasteiger partial charge in [-0.15, -0.1) is 0 Å². The lowest BCUT2D eigenvalue weighted by molar-refractivity contribution is -0.394. The third-order valence-corrected chi connectivity index (χ3v) is 3.70. The number of non-ortho nitro benzene ring substituents is 2. The van der Waals surface area contributed by atoms with Gasteiger partial charge >= 0.3 is 0 Å². The molecule has 0 heterocycles. The van der Waals surface area contributed by atoms with Gasteiger partial charge in [-0.3, -0.25) is 46.0 Å². The highest BCUT2D eigenvalue weighted by Crippen LogP contribution is 2.22. The molecule has 2 aromatic carbocycles. The summed E-state index contributed by atoms with van der Waals surface area (Å²) in [5.74, 6) is -1.42. The summed E-state index contributed by atoms with van der Waals surface area (Å²) in [6.45, 7) is 1.74. The van der Waals surface area contributed by atoms with E-state index in [0.717, 1.165) is 23.8 Å². The summed E-state index contributed by atoms with van der Waals surface area (Å²) in [7, 11) is 0. The molecule has 0 bridgehead atoms. The van der Waals surface area contributed by atoms with Gasteiger partial charge in [0, 0.05) is 17.7 Å². The van der Waals surface area contributed by atoms with Crippen LogP contribution in [0.2, 0.25) is 0 Å². The van der Waals surface area contributed by atoms with Crippen molar-refractivity contribution in [2.45, 2.75) is 6.92 Å². The molecule has 0 aromatic heterocycles. The van der Waals surface area contributed by atoms with Crippen LogP contribution in [0.1, 0.15) is 26.3 Å². The number of nitro groups is 2. The van der Waals surface area contributed by atoms with Crippen molar-refractivity contribution in [3.8, 4) is 0 Å². The van der Waals surface area contributed by atoms with Gasteiger partial charge in [0.25, 0.3) is 23.2 Å². The second-order valence-corrected chi connectivity index (χ2v) is 5.84. The highest BCUT2D eigenvalue weighted by Gasteiger charge is 2.20. The summed E-state index contributed by atoms with van der Waals surface area (Å²) in [6, 6.07) is 9.25. The van der Waals surface area contributed by atoms with E-state index >= 15 is 0 Å². The van der Waals surface area contributed by atoms with Crippen molar-refractivity contribution in [3.05, 3.63) is 79.4 Å². The second-order valence-electron chi connectivity index (χ2n) is 5.43. The van der Waals surface area contributed by atoms with Gasteiger partial charge in [0.1, 0.15) is 0 Å². The molecule has 12 heteroatoms. The summed E-state index contributed by atoms with van der Waals surface area (Å²) in [4.78, 5) is 44.3. The van der Waals surface area contributed by atoms with Gasteiger partial charge in [-0.25, -0.2) is 0 Å². The number of nitrogens with zero attached hydrogens (tertiary/aromatic N) is 2. The molecule has 0 fully saturated rings. The fourth-order valence-electron chi connectivity index (χ4n) is 2.15. The van der Waals surface area contributed by atoms with Crippen LogP contribution >= 0.6 is 12.2 Å². The summed E-state index contributed by atoms with van der Waals surface area (Å²) in [5, 5.41) is 23.6. The number of carbonyl (C=O) groups is 2. The van der Waals surface area contributed by atoms with Crippen molar-refractivity contribution in [2.75, 3.05) is 0 Å². The fraction of sp³-hybridized carbons (Fsp3) is 0.0625. The molecule has 144 valence electrons. The Kier molecular flexibility index (Phi) is 6.29. The van der Waals surface area contributed by atoms with Gasteiger partial charge in [-0.2, -0.15) is 0 Å². The Bertz CT molecular complexity index is 961. The van der Waals surface area contributed by atoms with Gasteiger partial charge < -0.3 is 0 Å². The zero-order valence-corrected chi connectivity index (χ0v) is 15.1. The zero-order chi connectivity index (χ0) is 20.8. The van der Waals surface area contributed by atoms with Crippen LogP contribution in [0.25, 0.3) is 0 Å². The average Bonchev–Trinajstić information content (AvgIpc) is 2.65. The summed E-state index contributed by atoms with van der Waals surface area (Å²) in [5.41, 5.74) is 4.14. The van der Waals surface area contributed by atoms with E-state index in [-0.39, 0.29) is 10.7 Å². The Balaban J connectivity index is 2.05. The predicted octanol–water partition coefficient (Wildman–Crippen LogP) is 1.76. The maximum atomic E-state index is 12.2. The molecule has 2 amide bonds. The molecule has 28 heavy (non-hydrogen) atoms. The van der Waals surface area contributed by atoms with Crippen molar-refractivity contribution < 1.29 is 19.4 Å². The van der Waals surface area contributed by atoms with Crippen LogP contribution in [0.5, 0.6) is 0 Å². The number of hydrazine groups is 1. The Morgan fingerprint density at radius 2 is 1.50 bits per heavy atom. The van der Waals surface area contributed by atoms with E-state index in [9.17, 15) is 29.8 Å². The van der Waals surface area contributed by atoms with Crippen molar-refractivity contribution in [2.24, 2.45) is 0 Å². The lowest BCUT2D eigenvalue weighted by Crippen LogP contribution is -2.48. The minimum absolute atomic E-state index is 0.305. The Hall–Kier alpha value is -3.93. The van der Waals surface area contributed by atoms with Crippen LogP contribution in [0.4, 0.5) is 11.4 Å². The van der Waals surface area contributed by atoms with E-state index < -0.39 is 33.0 Å². The van der Waals surface area contributed by atoms with E-state index in [2.05, 4.69) is 16.2 Å². The van der Waals surface area contributed by atoms with Gasteiger partial charge in [0.05, 0.1) is 21.5 Å². The van der Waals surface area contributed by atoms with Crippen LogP contribution in [-0.2, 0) is 0 Å². The van der Waals surface area contributed by atoms with Crippen LogP contribution in [0, 0.1) is 27.2 Å². The molecule has 0 saturated heterocycles. The number of amides is 2. The molecule has 2 rings (SSSR count). The molecular formula is C16H13N5O6S. The van der Waals surface area contributed by atoms with Gasteiger partial charge in [0.2, 0.25) is 0 Å². The maximum Gasteiger partial charge on any atom is 0.277 e. The first-order valence-electron chi connectivity index (χ1n) is 7.60. The van der Waals surface area contributed by atoms with E-state index in [4.69, 9.17) is 12.2 Å². The lowest BCUT2D eigenvalue weighted by atomic mass is 10.1. The first kappa shape index (κ1) is 20.4. The highest BCUT2D eigenvalue weighted by atomic mass is 32.1. The zero-order valence-electron chi connectivity index (χ0n) is 14.3. The topological polar surface area (TPSA) is 157 Å². The number of nitro benzene ring substituents is 2. The average molecular weight is 403 g/mol. The SMILES string of the molecule is Cc1ccccc1C(=O)NNC(=S)NC(=O)c1cc([N+](=O)[O-])cc([N+](=O)[O-])c1. The normalized spacial score (nSPS) is 9.89. The Morgan fingerprint density at radius 3 is 2.04 bits per heavy atom. The fourth-order valence-corrected chi connectivity index (χ4v) is 2.30. The molecule has 0 radical (unpaired) electrons. The van der Waals surface area contributed by atoms with E-state index in [1.165, 1.54) is 0 Å². The molecular weight excluding hydrogens is 390 g/mol. The second kappa shape index (κ2) is 8.64. The minimum Gasteiger partial charge on any atom is -0.298 e. The predicted molar refractivity (Wildman–Crippen MR) is 102 cm³/mol. The number of thiocarbonyl (C=S) groups is 1. The van der Waals surface area contributed by atoms with E-state index in [1.807, 2.05) is 0 Å². The van der Waals surface area contributed by atoms with E-state index in [1.54, 1.807) is 31.2 Å². The number of hydrogen-bond acceptors (Lipinski definition) is 7. The van der Waals surface area contributed by atoms with Crippen LogP contribution in [0.15, 0.2) is 42.5 Å². The molecule has 3 N–H and O–H groups in total. The number of benzene rings is 2. The van der Waals surface area contributed by atoms with Crippen LogP contribution in [-0.4, -0.2) is 26.8 Å². The van der Waals surface area contributed by atoms with Crippen molar-refractivity contribution in [1.82, 2.24) is 16.2 Å². The van der Waals surface area contributed by atoms with E-state index in [0.29, 0.717) is 5.56 Å². The summed E-state index contributed by atoms with van der Waals surface area (Å²) in [6.07, 6.45) is 0. The highest BCUT2D eigenvalue weighted by molar-refractivity contribution is 7.80. The van der Waals surface area contributed by atoms with Crippen LogP contribution in [0.3, 0.4) is 0 Å². The molecule has 0 aliphatic heterocycles. The molecule has 0 aliphatic carbocycles. The largest absolute Gasteiger partial charge is 0.298 e. The van der Waals surface area contributed by atoms with Crippen molar-refractivity contribution in [1.29, 1.82) is 0 Å². The number of hydrogen-bond donors (Lipinski definition) is 3. The third kappa shape index (κ3) is 5.04. The number of rotatable bonds is 4. The quantitative estimate of drug-likeness (QED) is 0.396. The Morgan fingerprint density at radius 1 is 0.929 bits per heavy atom. The molecule has 0 aliphatic rings. The first-order valence-corrected chi connectivity index (χ1v) is 8.01. The molecule has 0 unspecified atom stereocenters. The molecule has 11 nitrogen and oxygen atoms in total. The van der Waals surface area contributed by atoms with Gasteiger partial charge in [-0.05, 0) is 30.8 Å². The third-order valence-electron chi connectivity index (χ3n) is 3.49. The molecule has 2 aromatic rings. The smallest absolute Gasteiger partial charge is 0.277 e. The first-order chi connectivity index (χ1) is 13.2. The molecule has 0 atom stereocenters. The van der Waals surface area contributed by atoms with Crippen molar-refractivity contribution in [3.63, 3.8) is 0 Å². The van der Waals surface area contributed by atoms with Gasteiger partial charge in [0.15, 0.2) is 5.11 Å². The van der Waals surface area contributed by atoms with Crippen LogP contribution < -0.4 is 16.2 Å². The maximum absolute atomic E-state index is 12.2. The number of carbonyl (C=O) groups excluding carboxylic acids is 2. The number of nitrogens with one attached hydrogen (secondary N) is 3. The minimum atomic E-state index is -0.922. The molecule has 0 spiro atoms. The van der Waals surface area contributed by atoms with Crippen molar-refractivity contribution >= 4 is 40.5 Å². The molecule has 0 saturated carbocycles. The summed E-state index contributed by atoms with van der Waals surface area (Å²) >= 11 is 4.87. The lowest BCUT2D eigenvalue weighted by Gasteiger charge is -2.11. The number of aryl methyl sites for hydroxylation is 1. The monoisotopic (exact) mass is 403 g/mol. The standard InChI is InChI=1S/C16H13N5O6S/c1-9-4-2-3-5-13(9)15(23)18-19-16(28)17-14(22)10-6-11(20(24)25)8-12(7-10)21(26)27/h2-8H,1H3,(H,18,23)(H2,17,19,22,28).